The predicted octanol–water partition coefficient (Wildman–Crippen LogP) is 0.00940. The van der Waals surface area contributed by atoms with Gasteiger partial charge in [-0.05, 0) is 12.8 Å². The first-order valence-corrected chi connectivity index (χ1v) is 4.89. The van der Waals surface area contributed by atoms with Gasteiger partial charge in [-0.15, -0.1) is 0 Å². The average molecular weight is 199 g/mol. The molecule has 0 radical (unpaired) electrons. The minimum atomic E-state index is -0.487. The number of carbonyl (C=O) groups excluding carboxylic acids is 2. The van der Waals surface area contributed by atoms with Crippen LogP contribution in [0.4, 0.5) is 4.79 Å². The van der Waals surface area contributed by atoms with Crippen molar-refractivity contribution >= 4 is 11.9 Å². The molecule has 5 nitrogen and oxygen atoms in total. The number of nitrogens with zero attached hydrogens (tertiary/aromatic N) is 2. The molecule has 1 aliphatic rings. The smallest absolute Gasteiger partial charge is 0.314 e. The third kappa shape index (κ3) is 2.90. The van der Waals surface area contributed by atoms with E-state index < -0.39 is 6.03 Å². The molecule has 0 aliphatic carbocycles. The van der Waals surface area contributed by atoms with Gasteiger partial charge in [-0.2, -0.15) is 0 Å². The van der Waals surface area contributed by atoms with E-state index in [4.69, 9.17) is 5.73 Å². The zero-order chi connectivity index (χ0) is 10.6. The molecule has 1 rings (SSSR count). The van der Waals surface area contributed by atoms with E-state index in [9.17, 15) is 9.59 Å². The molecule has 2 N–H and O–H groups in total. The lowest BCUT2D eigenvalue weighted by Gasteiger charge is -2.18. The largest absolute Gasteiger partial charge is 0.351 e. The first kappa shape index (κ1) is 10.8. The molecule has 3 amide bonds. The van der Waals surface area contributed by atoms with Crippen molar-refractivity contribution in [3.8, 4) is 0 Å². The normalized spacial score (nSPS) is 15.6. The van der Waals surface area contributed by atoms with Crippen molar-refractivity contribution in [3.05, 3.63) is 0 Å². The van der Waals surface area contributed by atoms with Crippen LogP contribution in [0.1, 0.15) is 19.3 Å². The molecule has 1 aliphatic heterocycles. The molecular weight excluding hydrogens is 182 g/mol. The Hall–Kier alpha value is -1.26. The minimum absolute atomic E-state index is 0.121. The molecule has 0 aromatic heterocycles. The zero-order valence-electron chi connectivity index (χ0n) is 8.53. The fraction of sp³-hybridized carbons (Fsp3) is 0.778. The highest BCUT2D eigenvalue weighted by Gasteiger charge is 2.18. The summed E-state index contributed by atoms with van der Waals surface area (Å²) >= 11 is 0. The summed E-state index contributed by atoms with van der Waals surface area (Å²) in [5.74, 6) is 0.121. The first-order chi connectivity index (χ1) is 6.61. The van der Waals surface area contributed by atoms with Crippen LogP contribution in [-0.4, -0.2) is 48.4 Å². The highest BCUT2D eigenvalue weighted by molar-refractivity contribution is 5.78. The second-order valence-electron chi connectivity index (χ2n) is 3.60. The summed E-state index contributed by atoms with van der Waals surface area (Å²) in [6.45, 7) is 2.13. The molecule has 0 bridgehead atoms. The quantitative estimate of drug-likeness (QED) is 0.695. The minimum Gasteiger partial charge on any atom is -0.351 e. The molecule has 5 heteroatoms. The standard InChI is InChI=1S/C9H17N3O2/c1-11(9(10)14)7-4-8(13)12-5-2-3-6-12/h2-7H2,1H3,(H2,10,14). The first-order valence-electron chi connectivity index (χ1n) is 4.89. The summed E-state index contributed by atoms with van der Waals surface area (Å²) in [5.41, 5.74) is 5.04. The van der Waals surface area contributed by atoms with Crippen molar-refractivity contribution in [1.82, 2.24) is 9.80 Å². The predicted molar refractivity (Wildman–Crippen MR) is 52.6 cm³/mol. The topological polar surface area (TPSA) is 66.6 Å². The van der Waals surface area contributed by atoms with Crippen molar-refractivity contribution in [2.45, 2.75) is 19.3 Å². The Kier molecular flexibility index (Phi) is 3.73. The maximum atomic E-state index is 11.5. The summed E-state index contributed by atoms with van der Waals surface area (Å²) in [6, 6.07) is -0.487. The monoisotopic (exact) mass is 199 g/mol. The van der Waals surface area contributed by atoms with E-state index in [0.29, 0.717) is 13.0 Å². The number of carbonyl (C=O) groups is 2. The number of urea groups is 1. The molecule has 14 heavy (non-hydrogen) atoms. The van der Waals surface area contributed by atoms with Crippen LogP contribution in [0.5, 0.6) is 0 Å². The fourth-order valence-corrected chi connectivity index (χ4v) is 1.50. The van der Waals surface area contributed by atoms with E-state index >= 15 is 0 Å². The van der Waals surface area contributed by atoms with Crippen LogP contribution in [-0.2, 0) is 4.79 Å². The van der Waals surface area contributed by atoms with Crippen molar-refractivity contribution < 1.29 is 9.59 Å². The second-order valence-corrected chi connectivity index (χ2v) is 3.60. The molecule has 1 saturated heterocycles. The number of primary amides is 1. The highest BCUT2D eigenvalue weighted by Crippen LogP contribution is 2.08. The molecule has 80 valence electrons. The number of hydrogen-bond donors (Lipinski definition) is 1. The SMILES string of the molecule is CN(CCC(=O)N1CCCC1)C(N)=O. The van der Waals surface area contributed by atoms with Gasteiger partial charge in [0.25, 0.3) is 0 Å². The van der Waals surface area contributed by atoms with Crippen molar-refractivity contribution in [2.75, 3.05) is 26.7 Å². The lowest BCUT2D eigenvalue weighted by atomic mass is 10.3. The van der Waals surface area contributed by atoms with Gasteiger partial charge in [-0.3, -0.25) is 4.79 Å². The van der Waals surface area contributed by atoms with E-state index in [1.165, 1.54) is 4.90 Å². The summed E-state index contributed by atoms with van der Waals surface area (Å²) in [6.07, 6.45) is 2.56. The van der Waals surface area contributed by atoms with Crippen LogP contribution in [0.2, 0.25) is 0 Å². The van der Waals surface area contributed by atoms with Gasteiger partial charge < -0.3 is 15.5 Å². The van der Waals surface area contributed by atoms with Gasteiger partial charge >= 0.3 is 6.03 Å². The summed E-state index contributed by atoms with van der Waals surface area (Å²) < 4.78 is 0. The Morgan fingerprint density at radius 2 is 1.93 bits per heavy atom. The molecule has 0 aromatic carbocycles. The van der Waals surface area contributed by atoms with Crippen molar-refractivity contribution in [3.63, 3.8) is 0 Å². The van der Waals surface area contributed by atoms with Crippen LogP contribution < -0.4 is 5.73 Å². The van der Waals surface area contributed by atoms with E-state index in [1.807, 2.05) is 4.90 Å². The lowest BCUT2D eigenvalue weighted by molar-refractivity contribution is -0.130. The summed E-state index contributed by atoms with van der Waals surface area (Å²) in [4.78, 5) is 25.4. The van der Waals surface area contributed by atoms with Crippen LogP contribution in [0.15, 0.2) is 0 Å². The van der Waals surface area contributed by atoms with Crippen LogP contribution in [0.25, 0.3) is 0 Å². The number of nitrogens with two attached hydrogens (primary N) is 1. The van der Waals surface area contributed by atoms with E-state index in [-0.39, 0.29) is 5.91 Å². The van der Waals surface area contributed by atoms with Gasteiger partial charge in [0, 0.05) is 33.1 Å². The molecule has 0 aromatic rings. The molecule has 0 unspecified atom stereocenters. The number of hydrogen-bond acceptors (Lipinski definition) is 2. The van der Waals surface area contributed by atoms with Crippen molar-refractivity contribution in [2.24, 2.45) is 5.73 Å². The third-order valence-electron chi connectivity index (χ3n) is 2.50. The molecule has 0 spiro atoms. The summed E-state index contributed by atoms with van der Waals surface area (Å²) in [5, 5.41) is 0. The molecule has 1 fully saturated rings. The Balaban J connectivity index is 2.23. The van der Waals surface area contributed by atoms with E-state index in [1.54, 1.807) is 7.05 Å². The van der Waals surface area contributed by atoms with Crippen LogP contribution >= 0.6 is 0 Å². The maximum Gasteiger partial charge on any atom is 0.314 e. The third-order valence-corrected chi connectivity index (χ3v) is 2.50. The Labute approximate surface area is 83.8 Å². The van der Waals surface area contributed by atoms with Crippen molar-refractivity contribution in [1.29, 1.82) is 0 Å². The maximum absolute atomic E-state index is 11.5. The zero-order valence-corrected chi connectivity index (χ0v) is 8.53. The Bertz CT molecular complexity index is 224. The Morgan fingerprint density at radius 1 is 1.36 bits per heavy atom. The number of amides is 3. The highest BCUT2D eigenvalue weighted by atomic mass is 16.2. The van der Waals surface area contributed by atoms with Gasteiger partial charge in [-0.25, -0.2) is 4.79 Å². The molecule has 0 saturated carbocycles. The molecular formula is C9H17N3O2. The number of likely N-dealkylation sites (tertiary alicyclic amines) is 1. The van der Waals surface area contributed by atoms with Gasteiger partial charge in [0.2, 0.25) is 5.91 Å². The average Bonchev–Trinajstić information content (AvgIpc) is 2.66. The van der Waals surface area contributed by atoms with Gasteiger partial charge in [0.05, 0.1) is 0 Å². The van der Waals surface area contributed by atoms with Gasteiger partial charge in [0.1, 0.15) is 0 Å². The van der Waals surface area contributed by atoms with Gasteiger partial charge in [0.15, 0.2) is 0 Å². The summed E-state index contributed by atoms with van der Waals surface area (Å²) in [7, 11) is 1.60. The van der Waals surface area contributed by atoms with Crippen LogP contribution in [0.3, 0.4) is 0 Å². The Morgan fingerprint density at radius 3 is 2.43 bits per heavy atom. The molecule has 1 heterocycles. The fourth-order valence-electron chi connectivity index (χ4n) is 1.50. The molecule has 0 atom stereocenters. The van der Waals surface area contributed by atoms with Crippen LogP contribution in [0, 0.1) is 0 Å². The van der Waals surface area contributed by atoms with E-state index in [2.05, 4.69) is 0 Å². The second kappa shape index (κ2) is 4.83. The lowest BCUT2D eigenvalue weighted by Crippen LogP contribution is -2.36. The van der Waals surface area contributed by atoms with E-state index in [0.717, 1.165) is 25.9 Å². The van der Waals surface area contributed by atoms with Gasteiger partial charge in [-0.1, -0.05) is 0 Å². The number of rotatable bonds is 3.